The van der Waals surface area contributed by atoms with Crippen LogP contribution >= 0.6 is 0 Å². The summed E-state index contributed by atoms with van der Waals surface area (Å²) in [5.74, 6) is 1.34. The first-order chi connectivity index (χ1) is 20.4. The minimum atomic E-state index is -0.560. The van der Waals surface area contributed by atoms with Crippen LogP contribution in [0.4, 0.5) is 0 Å². The maximum atomic E-state index is 13.1. The highest BCUT2D eigenvalue weighted by molar-refractivity contribution is 5.89. The molecule has 42 heavy (non-hydrogen) atoms. The molecule has 0 spiro atoms. The van der Waals surface area contributed by atoms with Gasteiger partial charge in [0, 0.05) is 32.4 Å². The number of nitrogens with zero attached hydrogens (tertiary/aromatic N) is 1. The molecule has 4 rings (SSSR count). The Labute approximate surface area is 250 Å². The highest BCUT2D eigenvalue weighted by atomic mass is 16.5. The van der Waals surface area contributed by atoms with Gasteiger partial charge in [-0.05, 0) is 66.3 Å². The fraction of sp³-hybridized carbons (Fsp3) is 0.417. The third-order valence-corrected chi connectivity index (χ3v) is 7.86. The Morgan fingerprint density at radius 1 is 0.833 bits per heavy atom. The van der Waals surface area contributed by atoms with E-state index in [4.69, 9.17) is 4.74 Å². The van der Waals surface area contributed by atoms with Crippen LogP contribution in [-0.4, -0.2) is 41.6 Å². The number of likely N-dealkylation sites (tertiary alicyclic amines) is 1. The van der Waals surface area contributed by atoms with Crippen molar-refractivity contribution in [2.24, 2.45) is 11.8 Å². The quantitative estimate of drug-likeness (QED) is 0.252. The van der Waals surface area contributed by atoms with Crippen molar-refractivity contribution in [1.82, 2.24) is 10.2 Å². The summed E-state index contributed by atoms with van der Waals surface area (Å²) < 4.78 is 5.90. The van der Waals surface area contributed by atoms with Crippen LogP contribution in [0.1, 0.15) is 62.6 Å². The molecule has 222 valence electrons. The van der Waals surface area contributed by atoms with Crippen molar-refractivity contribution in [3.63, 3.8) is 0 Å². The van der Waals surface area contributed by atoms with E-state index < -0.39 is 6.04 Å². The Morgan fingerprint density at radius 3 is 2.07 bits per heavy atom. The minimum Gasteiger partial charge on any atom is -0.489 e. The Hall–Kier alpha value is -3.93. The van der Waals surface area contributed by atoms with Crippen LogP contribution in [0, 0.1) is 11.8 Å². The van der Waals surface area contributed by atoms with E-state index in [-0.39, 0.29) is 29.4 Å². The predicted molar refractivity (Wildman–Crippen MR) is 166 cm³/mol. The number of piperidine rings is 1. The van der Waals surface area contributed by atoms with Crippen molar-refractivity contribution in [2.45, 2.75) is 71.4 Å². The lowest BCUT2D eigenvalue weighted by Gasteiger charge is -2.32. The second kappa shape index (κ2) is 15.9. The zero-order valence-electron chi connectivity index (χ0n) is 25.0. The summed E-state index contributed by atoms with van der Waals surface area (Å²) in [7, 11) is 0. The number of ketones is 1. The molecule has 0 radical (unpaired) electrons. The van der Waals surface area contributed by atoms with Crippen molar-refractivity contribution < 1.29 is 19.1 Å². The Balaban J connectivity index is 1.25. The normalized spacial score (nSPS) is 14.4. The Morgan fingerprint density at radius 2 is 1.45 bits per heavy atom. The molecule has 1 aliphatic heterocycles. The Kier molecular flexibility index (Phi) is 11.7. The molecule has 0 aliphatic carbocycles. The number of nitrogens with one attached hydrogen (secondary N) is 1. The van der Waals surface area contributed by atoms with Crippen molar-refractivity contribution in [3.8, 4) is 5.75 Å². The summed E-state index contributed by atoms with van der Waals surface area (Å²) in [6.07, 6.45) is 4.12. The summed E-state index contributed by atoms with van der Waals surface area (Å²) in [4.78, 5) is 40.8. The molecule has 3 aromatic rings. The highest BCUT2D eigenvalue weighted by Gasteiger charge is 2.27. The van der Waals surface area contributed by atoms with Crippen molar-refractivity contribution in [2.75, 3.05) is 13.1 Å². The lowest BCUT2D eigenvalue weighted by molar-refractivity contribution is -0.133. The van der Waals surface area contributed by atoms with Crippen LogP contribution in [-0.2, 0) is 33.8 Å². The average molecular weight is 569 g/mol. The molecule has 0 aromatic heterocycles. The molecule has 1 saturated heterocycles. The molecule has 6 heteroatoms. The third kappa shape index (κ3) is 10.2. The summed E-state index contributed by atoms with van der Waals surface area (Å²) in [5.41, 5.74) is 3.25. The van der Waals surface area contributed by atoms with E-state index in [2.05, 4.69) is 5.32 Å². The monoisotopic (exact) mass is 568 g/mol. The molecule has 1 aliphatic rings. The molecule has 0 saturated carbocycles. The molecule has 1 atom stereocenters. The van der Waals surface area contributed by atoms with Crippen LogP contribution in [0.5, 0.6) is 5.75 Å². The second-order valence-corrected chi connectivity index (χ2v) is 11.8. The fourth-order valence-corrected chi connectivity index (χ4v) is 5.44. The molecule has 0 bridgehead atoms. The van der Waals surface area contributed by atoms with Crippen molar-refractivity contribution >= 4 is 17.6 Å². The lowest BCUT2D eigenvalue weighted by atomic mass is 9.92. The van der Waals surface area contributed by atoms with Gasteiger partial charge in [-0.2, -0.15) is 0 Å². The number of rotatable bonds is 14. The molecule has 1 N–H and O–H groups in total. The molecular formula is C36H44N2O4. The SMILES string of the molecule is CC(C)CC(=O)[C@H](Cc1ccc(OCc2ccccc2)cc1)NC(=O)CC1CCN(C(=O)CCc2ccccc2)CC1. The van der Waals surface area contributed by atoms with Gasteiger partial charge in [0.1, 0.15) is 12.4 Å². The van der Waals surface area contributed by atoms with Gasteiger partial charge in [-0.1, -0.05) is 86.6 Å². The van der Waals surface area contributed by atoms with Gasteiger partial charge in [0.05, 0.1) is 6.04 Å². The van der Waals surface area contributed by atoms with E-state index in [1.54, 1.807) is 0 Å². The second-order valence-electron chi connectivity index (χ2n) is 11.8. The zero-order chi connectivity index (χ0) is 29.7. The maximum absolute atomic E-state index is 13.1. The number of hydrogen-bond acceptors (Lipinski definition) is 4. The van der Waals surface area contributed by atoms with Crippen molar-refractivity contribution in [1.29, 1.82) is 0 Å². The van der Waals surface area contributed by atoms with E-state index in [1.165, 1.54) is 5.56 Å². The first kappa shape index (κ1) is 31.0. The van der Waals surface area contributed by atoms with E-state index in [0.29, 0.717) is 45.4 Å². The van der Waals surface area contributed by atoms with E-state index >= 15 is 0 Å². The third-order valence-electron chi connectivity index (χ3n) is 7.86. The number of carbonyl (C=O) groups is 3. The number of aryl methyl sites for hydroxylation is 1. The minimum absolute atomic E-state index is 0.0570. The average Bonchev–Trinajstić information content (AvgIpc) is 3.00. The smallest absolute Gasteiger partial charge is 0.222 e. The number of benzene rings is 3. The predicted octanol–water partition coefficient (Wildman–Crippen LogP) is 6.17. The van der Waals surface area contributed by atoms with Crippen LogP contribution in [0.3, 0.4) is 0 Å². The molecule has 1 heterocycles. The fourth-order valence-electron chi connectivity index (χ4n) is 5.44. The molecule has 0 unspecified atom stereocenters. The number of hydrogen-bond donors (Lipinski definition) is 1. The van der Waals surface area contributed by atoms with Gasteiger partial charge < -0.3 is 15.0 Å². The zero-order valence-corrected chi connectivity index (χ0v) is 25.0. The lowest BCUT2D eigenvalue weighted by Crippen LogP contribution is -2.44. The van der Waals surface area contributed by atoms with E-state index in [1.807, 2.05) is 104 Å². The standard InChI is InChI=1S/C36H44N2O4/c1-27(2)23-34(39)33(24-29-13-16-32(17-14-29)42-26-31-11-7-4-8-12-31)37-35(40)25-30-19-21-38(22-20-30)36(41)18-15-28-9-5-3-6-10-28/h3-14,16-17,27,30,33H,15,18-26H2,1-2H3,(H,37,40)/t33-/m0/s1. The number of carbonyl (C=O) groups excluding carboxylic acids is 3. The van der Waals surface area contributed by atoms with Gasteiger partial charge in [0.15, 0.2) is 5.78 Å². The molecule has 6 nitrogen and oxygen atoms in total. The van der Waals surface area contributed by atoms with Gasteiger partial charge in [0.2, 0.25) is 11.8 Å². The highest BCUT2D eigenvalue weighted by Crippen LogP contribution is 2.22. The van der Waals surface area contributed by atoms with Crippen LogP contribution in [0.15, 0.2) is 84.9 Å². The van der Waals surface area contributed by atoms with E-state index in [9.17, 15) is 14.4 Å². The number of amides is 2. The molecular weight excluding hydrogens is 524 g/mol. The van der Waals surface area contributed by atoms with Gasteiger partial charge in [-0.15, -0.1) is 0 Å². The topological polar surface area (TPSA) is 75.7 Å². The summed E-state index contributed by atoms with van der Waals surface area (Å²) in [6.45, 7) is 5.89. The number of Topliss-reactive ketones (excluding diaryl/α,β-unsaturated/α-hetero) is 1. The van der Waals surface area contributed by atoms with Crippen LogP contribution in [0.25, 0.3) is 0 Å². The van der Waals surface area contributed by atoms with Gasteiger partial charge >= 0.3 is 0 Å². The summed E-state index contributed by atoms with van der Waals surface area (Å²) >= 11 is 0. The first-order valence-electron chi connectivity index (χ1n) is 15.2. The van der Waals surface area contributed by atoms with Crippen LogP contribution < -0.4 is 10.1 Å². The van der Waals surface area contributed by atoms with Crippen LogP contribution in [0.2, 0.25) is 0 Å². The maximum Gasteiger partial charge on any atom is 0.222 e. The molecule has 3 aromatic carbocycles. The largest absolute Gasteiger partial charge is 0.489 e. The molecule has 1 fully saturated rings. The van der Waals surface area contributed by atoms with Crippen molar-refractivity contribution in [3.05, 3.63) is 102 Å². The van der Waals surface area contributed by atoms with Gasteiger partial charge in [-0.25, -0.2) is 0 Å². The first-order valence-corrected chi connectivity index (χ1v) is 15.2. The Bertz CT molecular complexity index is 1270. The number of ether oxygens (including phenoxy) is 1. The summed E-state index contributed by atoms with van der Waals surface area (Å²) in [6, 6.07) is 27.3. The van der Waals surface area contributed by atoms with E-state index in [0.717, 1.165) is 36.1 Å². The molecule has 2 amide bonds. The summed E-state index contributed by atoms with van der Waals surface area (Å²) in [5, 5.41) is 3.05. The van der Waals surface area contributed by atoms with Gasteiger partial charge in [0.25, 0.3) is 0 Å². The van der Waals surface area contributed by atoms with Gasteiger partial charge in [-0.3, -0.25) is 14.4 Å².